The van der Waals surface area contributed by atoms with E-state index >= 15 is 0 Å². The molecule has 4 rings (SSSR count). The molecule has 9 nitrogen and oxygen atoms in total. The van der Waals surface area contributed by atoms with Crippen LogP contribution in [0.2, 0.25) is 0 Å². The van der Waals surface area contributed by atoms with Gasteiger partial charge in [-0.2, -0.15) is 5.10 Å². The third kappa shape index (κ3) is 5.88. The molecule has 9 heteroatoms. The fourth-order valence-corrected chi connectivity index (χ4v) is 4.71. The van der Waals surface area contributed by atoms with Crippen LogP contribution < -0.4 is 0 Å². The molecule has 3 aliphatic rings. The van der Waals surface area contributed by atoms with Crippen molar-refractivity contribution in [1.29, 1.82) is 0 Å². The molecule has 32 heavy (non-hydrogen) atoms. The van der Waals surface area contributed by atoms with Crippen LogP contribution in [0.3, 0.4) is 0 Å². The molecule has 1 aromatic rings. The first-order valence-corrected chi connectivity index (χ1v) is 12.2. The summed E-state index contributed by atoms with van der Waals surface area (Å²) in [5.41, 5.74) is 1.52. The van der Waals surface area contributed by atoms with Crippen LogP contribution in [0.4, 0.5) is 0 Å². The molecular weight excluding hydrogens is 410 g/mol. The number of likely N-dealkylation sites (tertiary alicyclic amines) is 1. The zero-order chi connectivity index (χ0) is 22.3. The highest BCUT2D eigenvalue weighted by molar-refractivity contribution is 5.95. The average Bonchev–Trinajstić information content (AvgIpc) is 3.20. The number of hydrogen-bond acceptors (Lipinski definition) is 6. The second-order valence-corrected chi connectivity index (χ2v) is 9.04. The van der Waals surface area contributed by atoms with Crippen molar-refractivity contribution >= 4 is 11.8 Å². The lowest BCUT2D eigenvalue weighted by atomic mass is 10.1. The first-order valence-electron chi connectivity index (χ1n) is 12.2. The molecule has 0 saturated carbocycles. The van der Waals surface area contributed by atoms with Gasteiger partial charge in [-0.05, 0) is 45.4 Å². The fraction of sp³-hybridized carbons (Fsp3) is 0.783. The molecule has 3 saturated heterocycles. The van der Waals surface area contributed by atoms with Gasteiger partial charge in [0.05, 0.1) is 31.5 Å². The Morgan fingerprint density at radius 3 is 2.53 bits per heavy atom. The van der Waals surface area contributed by atoms with E-state index in [0.29, 0.717) is 38.3 Å². The van der Waals surface area contributed by atoms with E-state index in [2.05, 4.69) is 10.00 Å². The van der Waals surface area contributed by atoms with Crippen LogP contribution in [0.1, 0.15) is 54.6 Å². The van der Waals surface area contributed by atoms with Gasteiger partial charge in [0.2, 0.25) is 5.91 Å². The molecule has 1 aromatic heterocycles. The van der Waals surface area contributed by atoms with Crippen molar-refractivity contribution in [1.82, 2.24) is 24.5 Å². The lowest BCUT2D eigenvalue weighted by Crippen LogP contribution is -2.52. The molecule has 1 atom stereocenters. The van der Waals surface area contributed by atoms with Crippen molar-refractivity contribution in [3.05, 3.63) is 17.5 Å². The minimum absolute atomic E-state index is 0.0206. The lowest BCUT2D eigenvalue weighted by molar-refractivity contribution is -0.163. The molecule has 0 radical (unpaired) electrons. The summed E-state index contributed by atoms with van der Waals surface area (Å²) < 4.78 is 13.2. The number of nitrogens with zero attached hydrogens (tertiary/aromatic N) is 5. The topological polar surface area (TPSA) is 80.1 Å². The number of carbonyl (C=O) groups is 2. The van der Waals surface area contributed by atoms with Crippen LogP contribution in [0, 0.1) is 6.92 Å². The molecule has 0 aliphatic carbocycles. The van der Waals surface area contributed by atoms with Crippen LogP contribution in [-0.4, -0.2) is 102 Å². The highest BCUT2D eigenvalue weighted by Crippen LogP contribution is 2.16. The summed E-state index contributed by atoms with van der Waals surface area (Å²) >= 11 is 0. The Kier molecular flexibility index (Phi) is 8.15. The minimum atomic E-state index is -0.112. The van der Waals surface area contributed by atoms with Gasteiger partial charge in [-0.25, -0.2) is 0 Å². The number of ether oxygens (including phenoxy) is 2. The Balaban J connectivity index is 1.22. The summed E-state index contributed by atoms with van der Waals surface area (Å²) in [4.78, 5) is 31.6. The Labute approximate surface area is 190 Å². The van der Waals surface area contributed by atoms with Gasteiger partial charge in [-0.3, -0.25) is 19.2 Å². The minimum Gasteiger partial charge on any atom is -0.353 e. The van der Waals surface area contributed by atoms with Gasteiger partial charge in [-0.15, -0.1) is 0 Å². The maximum absolute atomic E-state index is 13.1. The average molecular weight is 448 g/mol. The van der Waals surface area contributed by atoms with E-state index in [4.69, 9.17) is 9.47 Å². The second-order valence-electron chi connectivity index (χ2n) is 9.04. The van der Waals surface area contributed by atoms with Crippen molar-refractivity contribution in [2.45, 2.75) is 58.3 Å². The normalized spacial score (nSPS) is 22.8. The van der Waals surface area contributed by atoms with Crippen molar-refractivity contribution in [2.75, 3.05) is 59.0 Å². The molecule has 3 fully saturated rings. The zero-order valence-electron chi connectivity index (χ0n) is 19.3. The van der Waals surface area contributed by atoms with Gasteiger partial charge < -0.3 is 19.3 Å². The predicted molar refractivity (Wildman–Crippen MR) is 119 cm³/mol. The third-order valence-corrected chi connectivity index (χ3v) is 6.81. The quantitative estimate of drug-likeness (QED) is 0.630. The number of rotatable bonds is 7. The number of piperazine rings is 1. The predicted octanol–water partition coefficient (Wildman–Crippen LogP) is 1.51. The standard InChI is InChI=1S/C23H37N5O4/c1-19-20(17-24-28(19)14-16-32-22-7-3-6-15-31-22)23(30)27-12-10-25(11-13-27)18-21(29)26-8-4-2-5-9-26/h17,22H,2-16,18H2,1H3/t22-/m0/s1. The van der Waals surface area contributed by atoms with Crippen molar-refractivity contribution in [2.24, 2.45) is 0 Å². The van der Waals surface area contributed by atoms with Crippen molar-refractivity contribution in [3.63, 3.8) is 0 Å². The molecule has 0 N–H and O–H groups in total. The van der Waals surface area contributed by atoms with Crippen LogP contribution in [0.5, 0.6) is 0 Å². The molecule has 0 aromatic carbocycles. The highest BCUT2D eigenvalue weighted by atomic mass is 16.7. The lowest BCUT2D eigenvalue weighted by Gasteiger charge is -2.36. The number of aromatic nitrogens is 2. The van der Waals surface area contributed by atoms with Crippen LogP contribution >= 0.6 is 0 Å². The van der Waals surface area contributed by atoms with Crippen LogP contribution in [-0.2, 0) is 20.8 Å². The summed E-state index contributed by atoms with van der Waals surface area (Å²) in [6.45, 7) is 8.80. The van der Waals surface area contributed by atoms with Gasteiger partial charge in [0.25, 0.3) is 5.91 Å². The van der Waals surface area contributed by atoms with Gasteiger partial charge in [0.15, 0.2) is 6.29 Å². The van der Waals surface area contributed by atoms with E-state index in [9.17, 15) is 9.59 Å². The summed E-state index contributed by atoms with van der Waals surface area (Å²) in [6, 6.07) is 0. The summed E-state index contributed by atoms with van der Waals surface area (Å²) in [5, 5.41) is 4.41. The Morgan fingerprint density at radius 1 is 1.03 bits per heavy atom. The summed E-state index contributed by atoms with van der Waals surface area (Å²) in [6.07, 6.45) is 8.19. The molecular formula is C23H37N5O4. The molecule has 0 spiro atoms. The van der Waals surface area contributed by atoms with E-state index in [-0.39, 0.29) is 18.1 Å². The number of carbonyl (C=O) groups excluding carboxylic acids is 2. The first kappa shape index (κ1) is 23.2. The molecule has 3 aliphatic heterocycles. The van der Waals surface area contributed by atoms with Gasteiger partial charge in [0.1, 0.15) is 0 Å². The molecule has 0 unspecified atom stereocenters. The molecule has 4 heterocycles. The maximum Gasteiger partial charge on any atom is 0.257 e. The smallest absolute Gasteiger partial charge is 0.257 e. The summed E-state index contributed by atoms with van der Waals surface area (Å²) in [7, 11) is 0. The SMILES string of the molecule is Cc1c(C(=O)N2CCN(CC(=O)N3CCCCC3)CC2)cnn1CCO[C@H]1CCCCO1. The number of amides is 2. The second kappa shape index (κ2) is 11.2. The van der Waals surface area contributed by atoms with E-state index in [1.54, 1.807) is 6.20 Å². The molecule has 2 amide bonds. The van der Waals surface area contributed by atoms with Crippen LogP contribution in [0.15, 0.2) is 6.20 Å². The van der Waals surface area contributed by atoms with E-state index in [1.807, 2.05) is 21.4 Å². The Hall–Kier alpha value is -1.97. The van der Waals surface area contributed by atoms with Crippen molar-refractivity contribution in [3.8, 4) is 0 Å². The number of piperidine rings is 1. The van der Waals surface area contributed by atoms with Crippen molar-refractivity contribution < 1.29 is 19.1 Å². The largest absolute Gasteiger partial charge is 0.353 e. The maximum atomic E-state index is 13.1. The van der Waals surface area contributed by atoms with Crippen LogP contribution in [0.25, 0.3) is 0 Å². The van der Waals surface area contributed by atoms with E-state index in [1.165, 1.54) is 6.42 Å². The molecule has 178 valence electrons. The monoisotopic (exact) mass is 447 g/mol. The molecule has 0 bridgehead atoms. The highest BCUT2D eigenvalue weighted by Gasteiger charge is 2.27. The Bertz CT molecular complexity index is 762. The third-order valence-electron chi connectivity index (χ3n) is 6.81. The van der Waals surface area contributed by atoms with E-state index in [0.717, 1.165) is 70.6 Å². The first-order chi connectivity index (χ1) is 15.6. The zero-order valence-corrected chi connectivity index (χ0v) is 19.3. The number of hydrogen-bond donors (Lipinski definition) is 0. The Morgan fingerprint density at radius 2 is 1.81 bits per heavy atom. The van der Waals surface area contributed by atoms with E-state index < -0.39 is 0 Å². The van der Waals surface area contributed by atoms with Gasteiger partial charge >= 0.3 is 0 Å². The van der Waals surface area contributed by atoms with Gasteiger partial charge in [0, 0.05) is 51.6 Å². The van der Waals surface area contributed by atoms with Gasteiger partial charge in [-0.1, -0.05) is 0 Å². The summed E-state index contributed by atoms with van der Waals surface area (Å²) in [5.74, 6) is 0.245. The fourth-order valence-electron chi connectivity index (χ4n) is 4.71.